The average Bonchev–Trinajstić information content (AvgIpc) is 3.27. The Morgan fingerprint density at radius 1 is 1.19 bits per heavy atom. The highest BCUT2D eigenvalue weighted by molar-refractivity contribution is 5.90. The molecule has 2 aliphatic heterocycles. The standard InChI is InChI=1S/C26H30N4O2/c1-17-24-20(22-9-6-12-32-22)13-26(2,3)14-21(24)28-25(27-17)29-23(31)16-30-11-10-18-7-4-5-8-19(18)15-30/h4-8,12H,9-11,13-16H2,1-3H3,(H,27,28,29,31). The Labute approximate surface area is 189 Å². The highest BCUT2D eigenvalue weighted by Gasteiger charge is 2.34. The van der Waals surface area contributed by atoms with E-state index < -0.39 is 0 Å². The number of anilines is 1. The lowest BCUT2D eigenvalue weighted by Crippen LogP contribution is -2.37. The van der Waals surface area contributed by atoms with Gasteiger partial charge in [-0.25, -0.2) is 9.97 Å². The number of amides is 1. The van der Waals surface area contributed by atoms with E-state index in [4.69, 9.17) is 9.72 Å². The van der Waals surface area contributed by atoms with Gasteiger partial charge < -0.3 is 4.74 Å². The van der Waals surface area contributed by atoms with Crippen LogP contribution in [0.5, 0.6) is 0 Å². The number of allylic oxidation sites excluding steroid dienone is 2. The number of carbonyl (C=O) groups is 1. The number of nitrogens with one attached hydrogen (secondary N) is 1. The first-order valence-electron chi connectivity index (χ1n) is 11.4. The minimum atomic E-state index is -0.0688. The van der Waals surface area contributed by atoms with Crippen LogP contribution in [0.25, 0.3) is 5.57 Å². The van der Waals surface area contributed by atoms with Crippen molar-refractivity contribution in [2.24, 2.45) is 5.41 Å². The fourth-order valence-corrected chi connectivity index (χ4v) is 5.11. The smallest absolute Gasteiger partial charge is 0.240 e. The molecule has 32 heavy (non-hydrogen) atoms. The van der Waals surface area contributed by atoms with Gasteiger partial charge in [-0.3, -0.25) is 15.0 Å². The molecule has 1 aliphatic carbocycles. The van der Waals surface area contributed by atoms with Gasteiger partial charge in [0, 0.05) is 30.6 Å². The molecule has 0 unspecified atom stereocenters. The fraction of sp³-hybridized carbons (Fsp3) is 0.423. The van der Waals surface area contributed by atoms with Crippen molar-refractivity contribution < 1.29 is 9.53 Å². The Hall–Kier alpha value is -2.99. The van der Waals surface area contributed by atoms with Crippen molar-refractivity contribution >= 4 is 17.4 Å². The Morgan fingerprint density at radius 2 is 2.00 bits per heavy atom. The number of ether oxygens (including phenoxy) is 1. The van der Waals surface area contributed by atoms with Crippen LogP contribution in [0.15, 0.2) is 42.4 Å². The maximum Gasteiger partial charge on any atom is 0.240 e. The van der Waals surface area contributed by atoms with Gasteiger partial charge in [0.25, 0.3) is 0 Å². The summed E-state index contributed by atoms with van der Waals surface area (Å²) in [5.74, 6) is 1.32. The third-order valence-electron chi connectivity index (χ3n) is 6.54. The number of rotatable bonds is 3. The number of fused-ring (bicyclic) bond motifs is 2. The molecule has 0 fully saturated rings. The first-order chi connectivity index (χ1) is 15.4. The summed E-state index contributed by atoms with van der Waals surface area (Å²) >= 11 is 0. The van der Waals surface area contributed by atoms with Crippen LogP contribution in [0.4, 0.5) is 5.95 Å². The molecule has 3 heterocycles. The van der Waals surface area contributed by atoms with Crippen molar-refractivity contribution in [3.8, 4) is 0 Å². The largest absolute Gasteiger partial charge is 0.469 e. The molecule has 0 bridgehead atoms. The van der Waals surface area contributed by atoms with Gasteiger partial charge in [-0.05, 0) is 48.8 Å². The molecule has 6 heteroatoms. The van der Waals surface area contributed by atoms with E-state index in [2.05, 4.69) is 53.3 Å². The van der Waals surface area contributed by atoms with Crippen LogP contribution in [0.2, 0.25) is 0 Å². The molecule has 0 saturated heterocycles. The fourth-order valence-electron chi connectivity index (χ4n) is 5.11. The second-order valence-electron chi connectivity index (χ2n) is 9.85. The molecule has 0 radical (unpaired) electrons. The minimum absolute atomic E-state index is 0.0688. The number of nitrogens with zero attached hydrogens (tertiary/aromatic N) is 3. The summed E-state index contributed by atoms with van der Waals surface area (Å²) in [4.78, 5) is 24.4. The van der Waals surface area contributed by atoms with Crippen LogP contribution in [0.3, 0.4) is 0 Å². The van der Waals surface area contributed by atoms with E-state index in [0.717, 1.165) is 61.5 Å². The number of hydrogen-bond donors (Lipinski definition) is 1. The summed E-state index contributed by atoms with van der Waals surface area (Å²) in [5, 5.41) is 2.95. The van der Waals surface area contributed by atoms with E-state index in [-0.39, 0.29) is 11.3 Å². The molecule has 2 aromatic rings. The van der Waals surface area contributed by atoms with E-state index in [1.807, 2.05) is 13.0 Å². The zero-order chi connectivity index (χ0) is 22.3. The van der Waals surface area contributed by atoms with E-state index >= 15 is 0 Å². The molecule has 1 aromatic carbocycles. The highest BCUT2D eigenvalue weighted by Crippen LogP contribution is 2.44. The summed E-state index contributed by atoms with van der Waals surface area (Å²) < 4.78 is 5.77. The van der Waals surface area contributed by atoms with E-state index in [9.17, 15) is 4.79 Å². The van der Waals surface area contributed by atoms with Crippen LogP contribution in [-0.4, -0.2) is 33.9 Å². The number of hydrogen-bond acceptors (Lipinski definition) is 5. The quantitative estimate of drug-likeness (QED) is 0.782. The van der Waals surface area contributed by atoms with E-state index in [1.165, 1.54) is 16.7 Å². The number of carbonyl (C=O) groups excluding carboxylic acids is 1. The zero-order valence-electron chi connectivity index (χ0n) is 19.1. The van der Waals surface area contributed by atoms with Crippen LogP contribution in [0, 0.1) is 12.3 Å². The maximum atomic E-state index is 12.8. The number of aryl methyl sites for hydroxylation is 1. The number of benzene rings is 1. The van der Waals surface area contributed by atoms with Crippen molar-refractivity contribution in [1.29, 1.82) is 0 Å². The Morgan fingerprint density at radius 3 is 2.78 bits per heavy atom. The van der Waals surface area contributed by atoms with Gasteiger partial charge in [-0.2, -0.15) is 0 Å². The summed E-state index contributed by atoms with van der Waals surface area (Å²) in [6, 6.07) is 8.46. The average molecular weight is 431 g/mol. The van der Waals surface area contributed by atoms with E-state index in [0.29, 0.717) is 12.5 Å². The van der Waals surface area contributed by atoms with Gasteiger partial charge in [0.15, 0.2) is 0 Å². The molecule has 1 N–H and O–H groups in total. The van der Waals surface area contributed by atoms with Crippen molar-refractivity contribution in [1.82, 2.24) is 14.9 Å². The third kappa shape index (κ3) is 4.19. The van der Waals surface area contributed by atoms with Crippen LogP contribution in [-0.2, 0) is 28.9 Å². The molecule has 6 nitrogen and oxygen atoms in total. The Balaban J connectivity index is 1.34. The topological polar surface area (TPSA) is 67.4 Å². The SMILES string of the molecule is Cc1nc(NC(=O)CN2CCc3ccccc3C2)nc2c1C(=C1CC=CO1)CC(C)(C)C2. The molecule has 0 spiro atoms. The predicted molar refractivity (Wildman–Crippen MR) is 125 cm³/mol. The molecule has 1 aromatic heterocycles. The van der Waals surface area contributed by atoms with Gasteiger partial charge in [0.05, 0.1) is 24.2 Å². The van der Waals surface area contributed by atoms with Crippen LogP contribution in [0.1, 0.15) is 54.8 Å². The Kier molecular flexibility index (Phi) is 5.33. The van der Waals surface area contributed by atoms with E-state index in [1.54, 1.807) is 6.26 Å². The predicted octanol–water partition coefficient (Wildman–Crippen LogP) is 4.40. The molecule has 0 atom stereocenters. The molecule has 5 rings (SSSR count). The summed E-state index contributed by atoms with van der Waals surface area (Å²) in [6.07, 6.45) is 7.36. The lowest BCUT2D eigenvalue weighted by atomic mass is 9.73. The summed E-state index contributed by atoms with van der Waals surface area (Å²) in [5.41, 5.74) is 6.94. The summed E-state index contributed by atoms with van der Waals surface area (Å²) in [7, 11) is 0. The summed E-state index contributed by atoms with van der Waals surface area (Å²) in [6.45, 7) is 8.53. The van der Waals surface area contributed by atoms with Crippen molar-refractivity contribution in [3.05, 3.63) is 70.4 Å². The van der Waals surface area contributed by atoms with Crippen molar-refractivity contribution in [3.63, 3.8) is 0 Å². The third-order valence-corrected chi connectivity index (χ3v) is 6.54. The zero-order valence-corrected chi connectivity index (χ0v) is 19.1. The van der Waals surface area contributed by atoms with Gasteiger partial charge in [0.2, 0.25) is 11.9 Å². The lowest BCUT2D eigenvalue weighted by molar-refractivity contribution is -0.117. The molecule has 166 valence electrons. The normalized spacial score (nSPS) is 21.6. The highest BCUT2D eigenvalue weighted by atomic mass is 16.5. The minimum Gasteiger partial charge on any atom is -0.469 e. The van der Waals surface area contributed by atoms with Crippen molar-refractivity contribution in [2.45, 2.75) is 53.0 Å². The first-order valence-corrected chi connectivity index (χ1v) is 11.4. The first kappa shape index (κ1) is 20.9. The van der Waals surface area contributed by atoms with Gasteiger partial charge >= 0.3 is 0 Å². The molecular formula is C26H30N4O2. The van der Waals surface area contributed by atoms with Crippen LogP contribution < -0.4 is 5.32 Å². The van der Waals surface area contributed by atoms with Crippen LogP contribution >= 0.6 is 0 Å². The second kappa shape index (κ2) is 8.17. The Bertz CT molecular complexity index is 1120. The van der Waals surface area contributed by atoms with Gasteiger partial charge in [-0.15, -0.1) is 0 Å². The molecule has 3 aliphatic rings. The van der Waals surface area contributed by atoms with Crippen molar-refractivity contribution in [2.75, 3.05) is 18.4 Å². The second-order valence-corrected chi connectivity index (χ2v) is 9.85. The maximum absolute atomic E-state index is 12.8. The van der Waals surface area contributed by atoms with Gasteiger partial charge in [-0.1, -0.05) is 38.1 Å². The molecular weight excluding hydrogens is 400 g/mol. The molecule has 1 amide bonds. The molecule has 0 saturated carbocycles. The monoisotopic (exact) mass is 430 g/mol. The lowest BCUT2D eigenvalue weighted by Gasteiger charge is -2.34. The van der Waals surface area contributed by atoms with Gasteiger partial charge in [0.1, 0.15) is 5.76 Å². The number of aromatic nitrogens is 2.